The highest BCUT2D eigenvalue weighted by molar-refractivity contribution is 6.25. The Balaban J connectivity index is 2.09. The molecule has 0 aromatic heterocycles. The van der Waals surface area contributed by atoms with Crippen LogP contribution in [0.4, 0.5) is 5.69 Å². The van der Waals surface area contributed by atoms with E-state index in [4.69, 9.17) is 4.74 Å². The van der Waals surface area contributed by atoms with Gasteiger partial charge in [-0.2, -0.15) is 0 Å². The Morgan fingerprint density at radius 2 is 1.79 bits per heavy atom. The number of esters is 1. The van der Waals surface area contributed by atoms with Crippen molar-refractivity contribution in [2.24, 2.45) is 5.92 Å². The van der Waals surface area contributed by atoms with E-state index in [0.29, 0.717) is 0 Å². The van der Waals surface area contributed by atoms with Crippen molar-refractivity contribution in [2.75, 3.05) is 18.0 Å². The lowest BCUT2D eigenvalue weighted by Gasteiger charge is -2.20. The summed E-state index contributed by atoms with van der Waals surface area (Å²) in [5, 5.41) is 0. The molecule has 5 heteroatoms. The SMILES string of the molecule is CCN(CC)c1ccc(/C=C/C(=O)C2C(=O)C=C(C)OC2=O)cc1. The summed E-state index contributed by atoms with van der Waals surface area (Å²) in [7, 11) is 0. The summed E-state index contributed by atoms with van der Waals surface area (Å²) in [5.74, 6) is -3.09. The quantitative estimate of drug-likeness (QED) is 0.457. The number of hydrogen-bond acceptors (Lipinski definition) is 5. The van der Waals surface area contributed by atoms with Gasteiger partial charge in [0.05, 0.1) is 0 Å². The minimum absolute atomic E-state index is 0.213. The Labute approximate surface area is 141 Å². The molecule has 2 rings (SSSR count). The van der Waals surface area contributed by atoms with Gasteiger partial charge in [0.25, 0.3) is 0 Å². The third-order valence-electron chi connectivity index (χ3n) is 3.87. The number of carbonyl (C=O) groups excluding carboxylic acids is 3. The molecule has 1 atom stereocenters. The van der Waals surface area contributed by atoms with Crippen molar-refractivity contribution in [3.63, 3.8) is 0 Å². The van der Waals surface area contributed by atoms with Crippen molar-refractivity contribution in [1.82, 2.24) is 0 Å². The van der Waals surface area contributed by atoms with E-state index in [0.717, 1.165) is 24.3 Å². The van der Waals surface area contributed by atoms with E-state index in [-0.39, 0.29) is 5.76 Å². The number of ether oxygens (including phenoxy) is 1. The summed E-state index contributed by atoms with van der Waals surface area (Å²) in [5.41, 5.74) is 1.93. The van der Waals surface area contributed by atoms with Crippen LogP contribution in [0.5, 0.6) is 0 Å². The second-order valence-corrected chi connectivity index (χ2v) is 5.51. The molecular formula is C19H21NO4. The number of hydrogen-bond donors (Lipinski definition) is 0. The van der Waals surface area contributed by atoms with Crippen LogP contribution >= 0.6 is 0 Å². The van der Waals surface area contributed by atoms with Crippen molar-refractivity contribution in [1.29, 1.82) is 0 Å². The first-order chi connectivity index (χ1) is 11.5. The summed E-state index contributed by atoms with van der Waals surface area (Å²) in [6.45, 7) is 7.52. The summed E-state index contributed by atoms with van der Waals surface area (Å²) in [4.78, 5) is 37.9. The number of anilines is 1. The Bertz CT molecular complexity index is 697. The maximum absolute atomic E-state index is 12.1. The van der Waals surface area contributed by atoms with Gasteiger partial charge in [0.1, 0.15) is 5.76 Å². The number of allylic oxidation sites excluding steroid dienone is 3. The third kappa shape index (κ3) is 3.98. The number of rotatable bonds is 6. The molecule has 1 aliphatic heterocycles. The van der Waals surface area contributed by atoms with Crippen LogP contribution in [0.15, 0.2) is 42.2 Å². The van der Waals surface area contributed by atoms with Gasteiger partial charge in [-0.05, 0) is 44.5 Å². The fourth-order valence-electron chi connectivity index (χ4n) is 2.56. The maximum atomic E-state index is 12.1. The largest absolute Gasteiger partial charge is 0.430 e. The smallest absolute Gasteiger partial charge is 0.329 e. The average molecular weight is 327 g/mol. The van der Waals surface area contributed by atoms with Gasteiger partial charge in [0.15, 0.2) is 17.5 Å². The molecular weight excluding hydrogens is 306 g/mol. The van der Waals surface area contributed by atoms with Crippen LogP contribution < -0.4 is 4.90 Å². The minimum atomic E-state index is -1.39. The summed E-state index contributed by atoms with van der Waals surface area (Å²) >= 11 is 0. The molecule has 0 aliphatic carbocycles. The molecule has 24 heavy (non-hydrogen) atoms. The molecule has 1 heterocycles. The first kappa shape index (κ1) is 17.7. The van der Waals surface area contributed by atoms with Crippen molar-refractivity contribution in [3.05, 3.63) is 47.7 Å². The molecule has 0 saturated heterocycles. The zero-order valence-corrected chi connectivity index (χ0v) is 14.1. The van der Waals surface area contributed by atoms with E-state index >= 15 is 0 Å². The Morgan fingerprint density at radius 1 is 1.17 bits per heavy atom. The summed E-state index contributed by atoms with van der Waals surface area (Å²) in [6.07, 6.45) is 4.03. The highest BCUT2D eigenvalue weighted by Crippen LogP contribution is 2.18. The molecule has 1 unspecified atom stereocenters. The normalized spacial score (nSPS) is 17.6. The number of carbonyl (C=O) groups is 3. The average Bonchev–Trinajstić information content (AvgIpc) is 2.54. The molecule has 126 valence electrons. The summed E-state index contributed by atoms with van der Waals surface area (Å²) in [6, 6.07) is 7.73. The predicted octanol–water partition coefficient (Wildman–Crippen LogP) is 2.76. The fourth-order valence-corrected chi connectivity index (χ4v) is 2.56. The number of ketones is 2. The molecule has 0 N–H and O–H groups in total. The van der Waals surface area contributed by atoms with E-state index in [9.17, 15) is 14.4 Å². The molecule has 0 amide bonds. The van der Waals surface area contributed by atoms with E-state index in [1.54, 1.807) is 6.08 Å². The maximum Gasteiger partial charge on any atom is 0.329 e. The number of nitrogens with zero attached hydrogens (tertiary/aromatic N) is 1. The lowest BCUT2D eigenvalue weighted by molar-refractivity contribution is -0.151. The third-order valence-corrected chi connectivity index (χ3v) is 3.87. The van der Waals surface area contributed by atoms with Gasteiger partial charge < -0.3 is 9.64 Å². The highest BCUT2D eigenvalue weighted by Gasteiger charge is 2.36. The molecule has 1 aromatic rings. The Kier molecular flexibility index (Phi) is 5.68. The van der Waals surface area contributed by atoms with E-state index in [2.05, 4.69) is 18.7 Å². The van der Waals surface area contributed by atoms with Gasteiger partial charge in [0.2, 0.25) is 0 Å². The Morgan fingerprint density at radius 3 is 2.33 bits per heavy atom. The van der Waals surface area contributed by atoms with E-state index in [1.165, 1.54) is 19.1 Å². The monoisotopic (exact) mass is 327 g/mol. The first-order valence-electron chi connectivity index (χ1n) is 7.97. The van der Waals surface area contributed by atoms with Gasteiger partial charge in [-0.1, -0.05) is 18.2 Å². The number of cyclic esters (lactones) is 1. The molecule has 0 spiro atoms. The zero-order chi connectivity index (χ0) is 17.7. The Hall–Kier alpha value is -2.69. The molecule has 5 nitrogen and oxygen atoms in total. The van der Waals surface area contributed by atoms with Gasteiger partial charge in [-0.25, -0.2) is 0 Å². The predicted molar refractivity (Wildman–Crippen MR) is 92.4 cm³/mol. The van der Waals surface area contributed by atoms with Crippen molar-refractivity contribution in [2.45, 2.75) is 20.8 Å². The van der Waals surface area contributed by atoms with Crippen molar-refractivity contribution < 1.29 is 19.1 Å². The van der Waals surface area contributed by atoms with Gasteiger partial charge in [-0.15, -0.1) is 0 Å². The topological polar surface area (TPSA) is 63.7 Å². The summed E-state index contributed by atoms with van der Waals surface area (Å²) < 4.78 is 4.85. The molecule has 0 bridgehead atoms. The van der Waals surface area contributed by atoms with Crippen molar-refractivity contribution in [3.8, 4) is 0 Å². The van der Waals surface area contributed by atoms with Gasteiger partial charge >= 0.3 is 5.97 Å². The van der Waals surface area contributed by atoms with Crippen LogP contribution in [0, 0.1) is 5.92 Å². The van der Waals surface area contributed by atoms with Crippen LogP contribution in [0.3, 0.4) is 0 Å². The standard InChI is InChI=1S/C19H21NO4/c1-4-20(5-2)15-9-6-14(7-10-15)8-11-16(21)18-17(22)12-13(3)24-19(18)23/h6-12,18H,4-5H2,1-3H3/b11-8+. The second kappa shape index (κ2) is 7.73. The van der Waals surface area contributed by atoms with Crippen LogP contribution in [-0.2, 0) is 19.1 Å². The highest BCUT2D eigenvalue weighted by atomic mass is 16.5. The van der Waals surface area contributed by atoms with Crippen LogP contribution in [0.1, 0.15) is 26.3 Å². The molecule has 0 radical (unpaired) electrons. The second-order valence-electron chi connectivity index (χ2n) is 5.51. The first-order valence-corrected chi connectivity index (χ1v) is 7.97. The zero-order valence-electron chi connectivity index (χ0n) is 14.1. The lowest BCUT2D eigenvalue weighted by Crippen LogP contribution is -2.34. The molecule has 1 aliphatic rings. The molecule has 0 saturated carbocycles. The van der Waals surface area contributed by atoms with Crippen LogP contribution in [0.25, 0.3) is 6.08 Å². The minimum Gasteiger partial charge on any atom is -0.430 e. The van der Waals surface area contributed by atoms with E-state index < -0.39 is 23.5 Å². The van der Waals surface area contributed by atoms with Crippen LogP contribution in [0.2, 0.25) is 0 Å². The lowest BCUT2D eigenvalue weighted by atomic mass is 9.96. The van der Waals surface area contributed by atoms with Crippen LogP contribution in [-0.4, -0.2) is 30.6 Å². The van der Waals surface area contributed by atoms with Gasteiger partial charge in [-0.3, -0.25) is 14.4 Å². The number of benzene rings is 1. The molecule has 1 aromatic carbocycles. The van der Waals surface area contributed by atoms with Gasteiger partial charge in [0, 0.05) is 24.9 Å². The van der Waals surface area contributed by atoms with Crippen molar-refractivity contribution >= 4 is 29.3 Å². The van der Waals surface area contributed by atoms with E-state index in [1.807, 2.05) is 24.3 Å². The fraction of sp³-hybridized carbons (Fsp3) is 0.316. The molecule has 0 fully saturated rings.